The smallest absolute Gasteiger partial charge is 0.337 e. The number of hydrogen-bond donors (Lipinski definition) is 2. The van der Waals surface area contributed by atoms with Gasteiger partial charge in [-0.05, 0) is 48.5 Å². The molecule has 0 saturated carbocycles. The van der Waals surface area contributed by atoms with E-state index in [-0.39, 0.29) is 18.0 Å². The third-order valence-corrected chi connectivity index (χ3v) is 5.34. The number of alkyl halides is 3. The van der Waals surface area contributed by atoms with Gasteiger partial charge in [0.2, 0.25) is 5.91 Å². The number of amides is 2. The van der Waals surface area contributed by atoms with Crippen LogP contribution in [0.25, 0.3) is 10.9 Å². The van der Waals surface area contributed by atoms with Gasteiger partial charge in [-0.1, -0.05) is 35.9 Å². The van der Waals surface area contributed by atoms with Crippen LogP contribution in [0, 0.1) is 0 Å². The molecule has 1 aromatic heterocycles. The largest absolute Gasteiger partial charge is 0.416 e. The maximum atomic E-state index is 12.9. The second-order valence-electron chi connectivity index (χ2n) is 7.56. The van der Waals surface area contributed by atoms with Gasteiger partial charge >= 0.3 is 6.18 Å². The highest BCUT2D eigenvalue weighted by Crippen LogP contribution is 2.29. The molecule has 4 rings (SSSR count). The molecule has 35 heavy (non-hydrogen) atoms. The number of fused-ring (bicyclic) bond motifs is 1. The van der Waals surface area contributed by atoms with E-state index >= 15 is 0 Å². The first-order valence-corrected chi connectivity index (χ1v) is 10.7. The van der Waals surface area contributed by atoms with Gasteiger partial charge in [0.15, 0.2) is 0 Å². The summed E-state index contributed by atoms with van der Waals surface area (Å²) >= 11 is 5.87. The number of carbonyl (C=O) groups excluding carboxylic acids is 2. The molecule has 178 valence electrons. The molecule has 0 spiro atoms. The number of nitrogens with zero attached hydrogens (tertiary/aromatic N) is 2. The van der Waals surface area contributed by atoms with Crippen molar-refractivity contribution >= 4 is 46.2 Å². The molecule has 0 bridgehead atoms. The van der Waals surface area contributed by atoms with Gasteiger partial charge in [-0.3, -0.25) is 9.59 Å². The van der Waals surface area contributed by atoms with Crippen LogP contribution in [0.2, 0.25) is 5.02 Å². The van der Waals surface area contributed by atoms with Gasteiger partial charge in [-0.25, -0.2) is 5.43 Å². The molecule has 0 aliphatic rings. The zero-order valence-corrected chi connectivity index (χ0v) is 18.8. The van der Waals surface area contributed by atoms with Gasteiger partial charge in [0, 0.05) is 38.9 Å². The van der Waals surface area contributed by atoms with E-state index in [1.165, 1.54) is 12.3 Å². The number of halogens is 4. The lowest BCUT2D eigenvalue weighted by atomic mass is 10.1. The molecular weight excluding hydrogens is 481 g/mol. The number of benzene rings is 3. The third-order valence-electron chi connectivity index (χ3n) is 5.08. The van der Waals surface area contributed by atoms with Crippen LogP contribution in [0.4, 0.5) is 18.9 Å². The van der Waals surface area contributed by atoms with Gasteiger partial charge in [0.05, 0.1) is 11.8 Å². The maximum Gasteiger partial charge on any atom is 0.416 e. The van der Waals surface area contributed by atoms with Gasteiger partial charge < -0.3 is 9.88 Å². The Kier molecular flexibility index (Phi) is 6.88. The Hall–Kier alpha value is -4.11. The van der Waals surface area contributed by atoms with E-state index < -0.39 is 17.6 Å². The average Bonchev–Trinajstić information content (AvgIpc) is 3.17. The van der Waals surface area contributed by atoms with Crippen molar-refractivity contribution in [1.29, 1.82) is 0 Å². The highest BCUT2D eigenvalue weighted by atomic mass is 35.5. The number of hydrogen-bond acceptors (Lipinski definition) is 3. The van der Waals surface area contributed by atoms with Crippen LogP contribution in [0.15, 0.2) is 84.1 Å². The normalized spacial score (nSPS) is 11.7. The predicted molar refractivity (Wildman–Crippen MR) is 129 cm³/mol. The summed E-state index contributed by atoms with van der Waals surface area (Å²) < 4.78 is 40.4. The van der Waals surface area contributed by atoms with E-state index in [0.29, 0.717) is 16.3 Å². The van der Waals surface area contributed by atoms with Crippen molar-refractivity contribution in [3.05, 3.63) is 101 Å². The summed E-state index contributed by atoms with van der Waals surface area (Å²) in [5.41, 5.74) is 3.14. The number of para-hydroxylation sites is 1. The lowest BCUT2D eigenvalue weighted by Crippen LogP contribution is -2.18. The van der Waals surface area contributed by atoms with Crippen molar-refractivity contribution in [2.75, 3.05) is 5.32 Å². The minimum absolute atomic E-state index is 0.0214. The highest BCUT2D eigenvalue weighted by molar-refractivity contribution is 6.30. The molecule has 6 nitrogen and oxygen atoms in total. The second kappa shape index (κ2) is 10.0. The second-order valence-corrected chi connectivity index (χ2v) is 8.00. The Bertz CT molecular complexity index is 1410. The molecule has 2 N–H and O–H groups in total. The van der Waals surface area contributed by atoms with Crippen LogP contribution in [0.5, 0.6) is 0 Å². The van der Waals surface area contributed by atoms with Crippen LogP contribution in [0.1, 0.15) is 21.5 Å². The monoisotopic (exact) mass is 498 g/mol. The molecule has 3 aromatic carbocycles. The quantitative estimate of drug-likeness (QED) is 0.264. The number of rotatable bonds is 6. The summed E-state index contributed by atoms with van der Waals surface area (Å²) in [6, 6.07) is 18.1. The van der Waals surface area contributed by atoms with Gasteiger partial charge in [0.1, 0.15) is 6.54 Å². The van der Waals surface area contributed by atoms with Crippen molar-refractivity contribution in [3.8, 4) is 0 Å². The Morgan fingerprint density at radius 1 is 1.00 bits per heavy atom. The van der Waals surface area contributed by atoms with E-state index in [1.807, 2.05) is 24.3 Å². The molecule has 0 atom stereocenters. The number of aromatic nitrogens is 1. The maximum absolute atomic E-state index is 12.9. The van der Waals surface area contributed by atoms with E-state index in [2.05, 4.69) is 15.8 Å². The summed E-state index contributed by atoms with van der Waals surface area (Å²) in [6.45, 7) is 0.0214. The van der Waals surface area contributed by atoms with E-state index in [9.17, 15) is 22.8 Å². The summed E-state index contributed by atoms with van der Waals surface area (Å²) in [6.07, 6.45) is -1.48. The highest BCUT2D eigenvalue weighted by Gasteiger charge is 2.30. The first-order valence-electron chi connectivity index (χ1n) is 10.3. The van der Waals surface area contributed by atoms with Crippen LogP contribution in [-0.4, -0.2) is 22.6 Å². The fourth-order valence-corrected chi connectivity index (χ4v) is 3.59. The first-order chi connectivity index (χ1) is 16.7. The summed E-state index contributed by atoms with van der Waals surface area (Å²) in [5, 5.41) is 8.03. The number of hydrazone groups is 1. The molecular formula is C25H18ClF3N4O2. The minimum atomic E-state index is -4.55. The molecule has 0 aliphatic carbocycles. The van der Waals surface area contributed by atoms with E-state index in [4.69, 9.17) is 11.6 Å². The zero-order chi connectivity index (χ0) is 25.0. The van der Waals surface area contributed by atoms with Gasteiger partial charge in [-0.2, -0.15) is 18.3 Å². The standard InChI is InChI=1S/C25H18ClF3N4O2/c26-19-8-10-20(11-9-19)31-23(34)15-33-14-17(21-6-1-2-7-22(21)33)13-30-32-24(35)16-4-3-5-18(12-16)25(27,28)29/h1-14H,15H2,(H,31,34)(H,32,35)/b30-13-. The molecule has 0 saturated heterocycles. The molecule has 0 fully saturated rings. The predicted octanol–water partition coefficient (Wildman–Crippen LogP) is 5.72. The van der Waals surface area contributed by atoms with Gasteiger partial charge in [-0.15, -0.1) is 0 Å². The van der Waals surface area contributed by atoms with Crippen LogP contribution in [0.3, 0.4) is 0 Å². The number of anilines is 1. The topological polar surface area (TPSA) is 75.5 Å². The molecule has 1 heterocycles. The fourth-order valence-electron chi connectivity index (χ4n) is 3.46. The summed E-state index contributed by atoms with van der Waals surface area (Å²) in [5.74, 6) is -1.03. The third kappa shape index (κ3) is 5.88. The summed E-state index contributed by atoms with van der Waals surface area (Å²) in [4.78, 5) is 24.8. The van der Waals surface area contributed by atoms with Gasteiger partial charge in [0.25, 0.3) is 5.91 Å². The molecule has 10 heteroatoms. The Balaban J connectivity index is 1.48. The van der Waals surface area contributed by atoms with Crippen molar-refractivity contribution in [2.45, 2.75) is 12.7 Å². The Labute approximate surface area is 203 Å². The summed E-state index contributed by atoms with van der Waals surface area (Å²) in [7, 11) is 0. The van der Waals surface area contributed by atoms with Crippen molar-refractivity contribution < 1.29 is 22.8 Å². The van der Waals surface area contributed by atoms with Crippen LogP contribution < -0.4 is 10.7 Å². The average molecular weight is 499 g/mol. The van der Waals surface area contributed by atoms with Crippen molar-refractivity contribution in [3.63, 3.8) is 0 Å². The lowest BCUT2D eigenvalue weighted by molar-refractivity contribution is -0.137. The molecule has 0 aliphatic heterocycles. The molecule has 0 unspecified atom stereocenters. The van der Waals surface area contributed by atoms with Crippen LogP contribution >= 0.6 is 11.6 Å². The van der Waals surface area contributed by atoms with E-state index in [1.54, 1.807) is 35.0 Å². The van der Waals surface area contributed by atoms with Crippen molar-refractivity contribution in [2.24, 2.45) is 5.10 Å². The van der Waals surface area contributed by atoms with Crippen LogP contribution in [-0.2, 0) is 17.5 Å². The first kappa shape index (κ1) is 24.0. The number of carbonyl (C=O) groups is 2. The number of nitrogens with one attached hydrogen (secondary N) is 2. The Morgan fingerprint density at radius 3 is 2.49 bits per heavy atom. The van der Waals surface area contributed by atoms with E-state index in [0.717, 1.165) is 29.1 Å². The minimum Gasteiger partial charge on any atom is -0.337 e. The molecule has 2 amide bonds. The fraction of sp³-hybridized carbons (Fsp3) is 0.0800. The zero-order valence-electron chi connectivity index (χ0n) is 18.0. The molecule has 4 aromatic rings. The Morgan fingerprint density at radius 2 is 1.74 bits per heavy atom. The van der Waals surface area contributed by atoms with Crippen molar-refractivity contribution in [1.82, 2.24) is 9.99 Å². The lowest BCUT2D eigenvalue weighted by Gasteiger charge is -2.07. The SMILES string of the molecule is O=C(Cn1cc(/C=N\NC(=O)c2cccc(C(F)(F)F)c2)c2ccccc21)Nc1ccc(Cl)cc1. The molecule has 0 radical (unpaired) electrons.